The van der Waals surface area contributed by atoms with Crippen molar-refractivity contribution in [2.24, 2.45) is 0 Å². The normalized spacial score (nSPS) is 12.5. The lowest BCUT2D eigenvalue weighted by molar-refractivity contribution is -0.137. The van der Waals surface area contributed by atoms with E-state index in [1.165, 1.54) is 12.1 Å². The Morgan fingerprint density at radius 3 is 2.24 bits per heavy atom. The number of carboxylic acid groups (broad SMARTS) is 1. The van der Waals surface area contributed by atoms with Crippen molar-refractivity contribution in [3.8, 4) is 0 Å². The predicted octanol–water partition coefficient (Wildman–Crippen LogP) is 6.33. The third kappa shape index (κ3) is 8.37. The van der Waals surface area contributed by atoms with Crippen molar-refractivity contribution in [3.63, 3.8) is 0 Å². The van der Waals surface area contributed by atoms with E-state index in [1.807, 2.05) is 48.5 Å². The molecule has 7 heteroatoms. The van der Waals surface area contributed by atoms with Gasteiger partial charge in [-0.25, -0.2) is 17.5 Å². The Bertz CT molecular complexity index is 1340. The Balaban J connectivity index is 1.67. The van der Waals surface area contributed by atoms with Crippen molar-refractivity contribution < 1.29 is 22.7 Å². The highest BCUT2D eigenvalue weighted by molar-refractivity contribution is 7.89. The molecule has 0 aliphatic heterocycles. The van der Waals surface area contributed by atoms with Gasteiger partial charge in [0.1, 0.15) is 5.82 Å². The number of aliphatic carboxylic acids is 1. The summed E-state index contributed by atoms with van der Waals surface area (Å²) >= 11 is 0. The van der Waals surface area contributed by atoms with Crippen molar-refractivity contribution in [2.45, 2.75) is 56.8 Å². The Hall–Kier alpha value is -3.29. The van der Waals surface area contributed by atoms with E-state index in [4.69, 9.17) is 5.11 Å². The van der Waals surface area contributed by atoms with Gasteiger partial charge in [-0.2, -0.15) is 0 Å². The third-order valence-electron chi connectivity index (χ3n) is 6.08. The maximum absolute atomic E-state index is 13.9. The summed E-state index contributed by atoms with van der Waals surface area (Å²) < 4.78 is 41.9. The largest absolute Gasteiger partial charge is 0.481 e. The molecule has 3 aromatic carbocycles. The van der Waals surface area contributed by atoms with Crippen molar-refractivity contribution in [1.29, 1.82) is 0 Å². The summed E-state index contributed by atoms with van der Waals surface area (Å²) in [6, 6.07) is 21.0. The minimum absolute atomic E-state index is 0.0515. The number of sulfonamides is 1. The molecule has 3 aromatic rings. The van der Waals surface area contributed by atoms with Crippen LogP contribution in [0.25, 0.3) is 5.57 Å². The van der Waals surface area contributed by atoms with Crippen LogP contribution >= 0.6 is 0 Å². The van der Waals surface area contributed by atoms with Crippen molar-refractivity contribution in [3.05, 3.63) is 107 Å². The first-order valence-electron chi connectivity index (χ1n) is 12.3. The lowest BCUT2D eigenvalue weighted by atomic mass is 9.87. The van der Waals surface area contributed by atoms with E-state index < -0.39 is 16.0 Å². The van der Waals surface area contributed by atoms with Crippen LogP contribution in [0.5, 0.6) is 0 Å². The SMILES string of the molecule is CC(C)(C)c1ccc(S(=O)(=O)NCCc2ccc(/C(=C\CCCC(=O)O)c3cccc(F)c3)cc2)cc1. The topological polar surface area (TPSA) is 83.5 Å². The number of benzene rings is 3. The molecule has 0 heterocycles. The van der Waals surface area contributed by atoms with Crippen molar-refractivity contribution >= 4 is 21.6 Å². The van der Waals surface area contributed by atoms with Crippen LogP contribution < -0.4 is 4.72 Å². The Kier molecular flexibility index (Phi) is 9.40. The highest BCUT2D eigenvalue weighted by Crippen LogP contribution is 2.26. The van der Waals surface area contributed by atoms with Crippen LogP contribution in [-0.4, -0.2) is 26.0 Å². The van der Waals surface area contributed by atoms with Crippen LogP contribution in [0.4, 0.5) is 4.39 Å². The van der Waals surface area contributed by atoms with Crippen LogP contribution in [0.2, 0.25) is 0 Å². The summed E-state index contributed by atoms with van der Waals surface area (Å²) in [5.41, 5.74) is 4.40. The molecule has 0 spiro atoms. The number of hydrogen-bond donors (Lipinski definition) is 2. The fourth-order valence-electron chi connectivity index (χ4n) is 3.96. The van der Waals surface area contributed by atoms with Gasteiger partial charge in [0.15, 0.2) is 0 Å². The number of carboxylic acids is 1. The molecule has 0 aromatic heterocycles. The fourth-order valence-corrected chi connectivity index (χ4v) is 4.99. The van der Waals surface area contributed by atoms with E-state index in [-0.39, 0.29) is 29.1 Å². The average molecular weight is 524 g/mol. The van der Waals surface area contributed by atoms with E-state index in [2.05, 4.69) is 25.5 Å². The minimum atomic E-state index is -3.61. The molecule has 0 saturated carbocycles. The number of halogens is 1. The van der Waals surface area contributed by atoms with Gasteiger partial charge in [0, 0.05) is 13.0 Å². The molecule has 0 atom stereocenters. The summed E-state index contributed by atoms with van der Waals surface area (Å²) in [6.07, 6.45) is 3.56. The summed E-state index contributed by atoms with van der Waals surface area (Å²) in [5.74, 6) is -1.19. The molecule has 0 aliphatic rings. The van der Waals surface area contributed by atoms with E-state index in [9.17, 15) is 17.6 Å². The van der Waals surface area contributed by atoms with Crippen LogP contribution in [0.1, 0.15) is 62.3 Å². The minimum Gasteiger partial charge on any atom is -0.481 e. The summed E-state index contributed by atoms with van der Waals surface area (Å²) in [6.45, 7) is 6.49. The van der Waals surface area contributed by atoms with E-state index >= 15 is 0 Å². The first-order valence-corrected chi connectivity index (χ1v) is 13.8. The van der Waals surface area contributed by atoms with Gasteiger partial charge in [-0.05, 0) is 76.8 Å². The molecule has 196 valence electrons. The zero-order valence-electron chi connectivity index (χ0n) is 21.5. The van der Waals surface area contributed by atoms with E-state index in [1.54, 1.807) is 18.2 Å². The zero-order valence-corrected chi connectivity index (χ0v) is 22.3. The second-order valence-electron chi connectivity index (χ2n) is 10.0. The van der Waals surface area contributed by atoms with E-state index in [0.29, 0.717) is 24.8 Å². The van der Waals surface area contributed by atoms with E-state index in [0.717, 1.165) is 22.3 Å². The summed E-state index contributed by atoms with van der Waals surface area (Å²) in [5, 5.41) is 8.89. The molecular formula is C30H34FNO4S. The van der Waals surface area contributed by atoms with Gasteiger partial charge in [0.2, 0.25) is 10.0 Å². The molecule has 37 heavy (non-hydrogen) atoms. The van der Waals surface area contributed by atoms with Gasteiger partial charge in [-0.3, -0.25) is 4.79 Å². The number of allylic oxidation sites excluding steroid dienone is 1. The highest BCUT2D eigenvalue weighted by atomic mass is 32.2. The van der Waals surface area contributed by atoms with Gasteiger partial charge in [-0.1, -0.05) is 75.4 Å². The Morgan fingerprint density at radius 2 is 1.65 bits per heavy atom. The molecule has 3 rings (SSSR count). The number of hydrogen-bond acceptors (Lipinski definition) is 3. The number of rotatable bonds is 11. The van der Waals surface area contributed by atoms with Crippen LogP contribution in [0, 0.1) is 5.82 Å². The van der Waals surface area contributed by atoms with Crippen LogP contribution in [0.15, 0.2) is 83.8 Å². The molecule has 2 N–H and O–H groups in total. The first-order chi connectivity index (χ1) is 17.5. The number of carbonyl (C=O) groups is 1. The molecule has 0 saturated heterocycles. The van der Waals surface area contributed by atoms with Crippen molar-refractivity contribution in [2.75, 3.05) is 6.54 Å². The molecule has 0 aliphatic carbocycles. The monoisotopic (exact) mass is 523 g/mol. The average Bonchev–Trinajstić information content (AvgIpc) is 2.84. The summed E-state index contributed by atoms with van der Waals surface area (Å²) in [4.78, 5) is 11.1. The van der Waals surface area contributed by atoms with Gasteiger partial charge in [0.05, 0.1) is 4.90 Å². The molecule has 5 nitrogen and oxygen atoms in total. The molecule has 0 unspecified atom stereocenters. The molecule has 0 fully saturated rings. The quantitative estimate of drug-likeness (QED) is 0.288. The van der Waals surface area contributed by atoms with Gasteiger partial charge < -0.3 is 5.11 Å². The second kappa shape index (κ2) is 12.3. The molecular weight excluding hydrogens is 489 g/mol. The lowest BCUT2D eigenvalue weighted by Crippen LogP contribution is -2.26. The van der Waals surface area contributed by atoms with Crippen LogP contribution in [0.3, 0.4) is 0 Å². The summed E-state index contributed by atoms with van der Waals surface area (Å²) in [7, 11) is -3.61. The van der Waals surface area contributed by atoms with Gasteiger partial charge in [0.25, 0.3) is 0 Å². The van der Waals surface area contributed by atoms with Gasteiger partial charge in [-0.15, -0.1) is 0 Å². The molecule has 0 bridgehead atoms. The first kappa shape index (κ1) is 28.3. The van der Waals surface area contributed by atoms with Gasteiger partial charge >= 0.3 is 5.97 Å². The Morgan fingerprint density at radius 1 is 0.973 bits per heavy atom. The maximum Gasteiger partial charge on any atom is 0.303 e. The molecule has 0 amide bonds. The molecule has 0 radical (unpaired) electrons. The zero-order chi connectivity index (χ0) is 27.1. The maximum atomic E-state index is 13.9. The predicted molar refractivity (Wildman–Crippen MR) is 145 cm³/mol. The van der Waals surface area contributed by atoms with Crippen LogP contribution in [-0.2, 0) is 26.7 Å². The number of unbranched alkanes of at least 4 members (excludes halogenated alkanes) is 1. The number of nitrogens with one attached hydrogen (secondary N) is 1. The highest BCUT2D eigenvalue weighted by Gasteiger charge is 2.17. The Labute approximate surface area is 219 Å². The van der Waals surface area contributed by atoms with Crippen molar-refractivity contribution in [1.82, 2.24) is 4.72 Å². The lowest BCUT2D eigenvalue weighted by Gasteiger charge is -2.19. The fraction of sp³-hybridized carbons (Fsp3) is 0.300. The third-order valence-corrected chi connectivity index (χ3v) is 7.56. The standard InChI is InChI=1S/C30H34FNO4S/c1-30(2,3)25-15-17-27(18-16-25)37(35,36)32-20-19-22-11-13-23(14-12-22)28(9-4-5-10-29(33)34)24-7-6-8-26(31)21-24/h6-9,11-18,21,32H,4-5,10,19-20H2,1-3H3,(H,33,34)/b28-9+. The smallest absolute Gasteiger partial charge is 0.303 e. The second-order valence-corrected chi connectivity index (χ2v) is 11.8.